The zero-order chi connectivity index (χ0) is 14.9. The summed E-state index contributed by atoms with van der Waals surface area (Å²) in [5.74, 6) is 0.811. The molecule has 0 aromatic heterocycles. The van der Waals surface area contributed by atoms with Gasteiger partial charge in [-0.05, 0) is 49.6 Å². The van der Waals surface area contributed by atoms with Crippen molar-refractivity contribution in [2.75, 3.05) is 19.7 Å². The van der Waals surface area contributed by atoms with Crippen molar-refractivity contribution < 1.29 is 13.2 Å². The van der Waals surface area contributed by atoms with Crippen LogP contribution in [-0.4, -0.2) is 38.5 Å². The minimum atomic E-state index is -3.43. The Hall–Kier alpha value is -1.11. The highest BCUT2D eigenvalue weighted by atomic mass is 32.2. The van der Waals surface area contributed by atoms with Gasteiger partial charge in [-0.2, -0.15) is 4.31 Å². The first-order valence-corrected chi connectivity index (χ1v) is 9.04. The smallest absolute Gasteiger partial charge is 0.243 e. The Morgan fingerprint density at radius 2 is 2.19 bits per heavy atom. The summed E-state index contributed by atoms with van der Waals surface area (Å²) in [5, 5.41) is 0. The maximum atomic E-state index is 12.9. The molecule has 1 aromatic carbocycles. The number of piperidine rings is 1. The third-order valence-electron chi connectivity index (χ3n) is 4.34. The van der Waals surface area contributed by atoms with Crippen molar-refractivity contribution >= 4 is 10.0 Å². The summed E-state index contributed by atoms with van der Waals surface area (Å²) in [4.78, 5) is 0.385. The van der Waals surface area contributed by atoms with Crippen LogP contribution >= 0.6 is 0 Å². The Morgan fingerprint density at radius 3 is 3.00 bits per heavy atom. The highest BCUT2D eigenvalue weighted by Gasteiger charge is 2.33. The molecule has 2 heterocycles. The number of rotatable bonds is 4. The Bertz CT molecular complexity index is 613. The van der Waals surface area contributed by atoms with Crippen molar-refractivity contribution in [3.8, 4) is 5.75 Å². The molecule has 0 bridgehead atoms. The van der Waals surface area contributed by atoms with Crippen molar-refractivity contribution in [3.63, 3.8) is 0 Å². The van der Waals surface area contributed by atoms with Gasteiger partial charge in [0, 0.05) is 19.0 Å². The molecule has 5 nitrogen and oxygen atoms in total. The van der Waals surface area contributed by atoms with Gasteiger partial charge in [-0.25, -0.2) is 8.42 Å². The largest absolute Gasteiger partial charge is 0.493 e. The molecule has 2 N–H and O–H groups in total. The molecule has 1 fully saturated rings. The predicted octanol–water partition coefficient (Wildman–Crippen LogP) is 1.51. The molecule has 1 aromatic rings. The number of sulfonamides is 1. The second kappa shape index (κ2) is 5.94. The number of hydrogen-bond donors (Lipinski definition) is 1. The lowest BCUT2D eigenvalue weighted by molar-refractivity contribution is 0.243. The van der Waals surface area contributed by atoms with E-state index < -0.39 is 10.0 Å². The Labute approximate surface area is 126 Å². The molecular formula is C15H22N2O3S. The third kappa shape index (κ3) is 2.80. The molecule has 0 saturated carbocycles. The number of hydrogen-bond acceptors (Lipinski definition) is 4. The van der Waals surface area contributed by atoms with Gasteiger partial charge < -0.3 is 10.5 Å². The average molecular weight is 310 g/mol. The van der Waals surface area contributed by atoms with E-state index in [9.17, 15) is 8.42 Å². The number of benzene rings is 1. The summed E-state index contributed by atoms with van der Waals surface area (Å²) < 4.78 is 32.9. The summed E-state index contributed by atoms with van der Waals surface area (Å²) in [6.45, 7) is 1.76. The van der Waals surface area contributed by atoms with Crippen LogP contribution in [-0.2, 0) is 16.4 Å². The third-order valence-corrected chi connectivity index (χ3v) is 6.29. The fraction of sp³-hybridized carbons (Fsp3) is 0.600. The summed E-state index contributed by atoms with van der Waals surface area (Å²) in [6, 6.07) is 5.24. The van der Waals surface area contributed by atoms with Gasteiger partial charge in [0.2, 0.25) is 10.0 Å². The highest BCUT2D eigenvalue weighted by Crippen LogP contribution is 2.31. The fourth-order valence-electron chi connectivity index (χ4n) is 3.23. The van der Waals surface area contributed by atoms with Gasteiger partial charge in [-0.1, -0.05) is 6.42 Å². The van der Waals surface area contributed by atoms with Crippen molar-refractivity contribution in [2.45, 2.75) is 43.0 Å². The van der Waals surface area contributed by atoms with Gasteiger partial charge in [0.05, 0.1) is 11.5 Å². The number of nitrogens with zero attached hydrogens (tertiary/aromatic N) is 1. The van der Waals surface area contributed by atoms with Crippen molar-refractivity contribution in [1.82, 2.24) is 4.31 Å². The number of ether oxygens (including phenoxy) is 1. The van der Waals surface area contributed by atoms with Gasteiger partial charge >= 0.3 is 0 Å². The van der Waals surface area contributed by atoms with Gasteiger partial charge in [0.1, 0.15) is 5.75 Å². The molecule has 1 unspecified atom stereocenters. The van der Waals surface area contributed by atoms with Crippen LogP contribution in [0.25, 0.3) is 0 Å². The van der Waals surface area contributed by atoms with E-state index in [1.54, 1.807) is 22.5 Å². The second-order valence-electron chi connectivity index (χ2n) is 5.71. The molecule has 0 spiro atoms. The molecule has 0 aliphatic carbocycles. The lowest BCUT2D eigenvalue weighted by atomic mass is 10.0. The molecule has 6 heteroatoms. The first-order valence-electron chi connectivity index (χ1n) is 7.60. The average Bonchev–Trinajstić information content (AvgIpc) is 2.95. The Morgan fingerprint density at radius 1 is 1.33 bits per heavy atom. The fourth-order valence-corrected chi connectivity index (χ4v) is 5.00. The maximum absolute atomic E-state index is 12.9. The van der Waals surface area contributed by atoms with Gasteiger partial charge in [-0.3, -0.25) is 0 Å². The first-order chi connectivity index (χ1) is 10.1. The van der Waals surface area contributed by atoms with Crippen LogP contribution in [0, 0.1) is 0 Å². The topological polar surface area (TPSA) is 72.6 Å². The zero-order valence-electron chi connectivity index (χ0n) is 12.1. The standard InChI is InChI=1S/C15H22N2O3S/c16-8-6-13-3-1-2-9-17(13)21(18,19)14-4-5-15-12(11-14)7-10-20-15/h4-5,11,13H,1-3,6-10,16H2. The SMILES string of the molecule is NCCC1CCCCN1S(=O)(=O)c1ccc2c(c1)CCO2. The summed E-state index contributed by atoms with van der Waals surface area (Å²) in [5.41, 5.74) is 6.63. The molecule has 1 saturated heterocycles. The molecule has 1 atom stereocenters. The van der Waals surface area contributed by atoms with Crippen molar-refractivity contribution in [2.24, 2.45) is 5.73 Å². The first kappa shape index (κ1) is 14.8. The van der Waals surface area contributed by atoms with E-state index in [4.69, 9.17) is 10.5 Å². The van der Waals surface area contributed by atoms with Crippen LogP contribution in [0.3, 0.4) is 0 Å². The quantitative estimate of drug-likeness (QED) is 0.915. The second-order valence-corrected chi connectivity index (χ2v) is 7.60. The van der Waals surface area contributed by atoms with Crippen molar-refractivity contribution in [3.05, 3.63) is 23.8 Å². The van der Waals surface area contributed by atoms with E-state index >= 15 is 0 Å². The lowest BCUT2D eigenvalue weighted by Gasteiger charge is -2.34. The summed E-state index contributed by atoms with van der Waals surface area (Å²) >= 11 is 0. The molecule has 0 radical (unpaired) electrons. The van der Waals surface area contributed by atoms with E-state index in [1.807, 2.05) is 0 Å². The van der Waals surface area contributed by atoms with Crippen molar-refractivity contribution in [1.29, 1.82) is 0 Å². The minimum Gasteiger partial charge on any atom is -0.493 e. The van der Waals surface area contributed by atoms with Gasteiger partial charge in [0.15, 0.2) is 0 Å². The minimum absolute atomic E-state index is 0.0401. The normalized spacial score (nSPS) is 22.8. The van der Waals surface area contributed by atoms with Gasteiger partial charge in [0.25, 0.3) is 0 Å². The van der Waals surface area contributed by atoms with Crippen LogP contribution in [0.5, 0.6) is 5.75 Å². The van der Waals surface area contributed by atoms with Crippen LogP contribution in [0.2, 0.25) is 0 Å². The molecule has 0 amide bonds. The lowest BCUT2D eigenvalue weighted by Crippen LogP contribution is -2.44. The molecule has 116 valence electrons. The number of nitrogens with two attached hydrogens (primary N) is 1. The van der Waals surface area contributed by atoms with Crippen LogP contribution in [0.1, 0.15) is 31.2 Å². The van der Waals surface area contributed by atoms with Gasteiger partial charge in [-0.15, -0.1) is 0 Å². The van der Waals surface area contributed by atoms with Crippen LogP contribution in [0.4, 0.5) is 0 Å². The molecule has 2 aliphatic heterocycles. The van der Waals surface area contributed by atoms with E-state index in [-0.39, 0.29) is 6.04 Å². The number of fused-ring (bicyclic) bond motifs is 1. The maximum Gasteiger partial charge on any atom is 0.243 e. The molecule has 3 rings (SSSR count). The molecule has 21 heavy (non-hydrogen) atoms. The Balaban J connectivity index is 1.91. The summed E-state index contributed by atoms with van der Waals surface area (Å²) in [7, 11) is -3.43. The van der Waals surface area contributed by atoms with Crippen LogP contribution in [0.15, 0.2) is 23.1 Å². The highest BCUT2D eigenvalue weighted by molar-refractivity contribution is 7.89. The van der Waals surface area contributed by atoms with Crippen LogP contribution < -0.4 is 10.5 Å². The summed E-state index contributed by atoms with van der Waals surface area (Å²) in [6.07, 6.45) is 4.42. The monoisotopic (exact) mass is 310 g/mol. The van der Waals surface area contributed by atoms with E-state index in [1.165, 1.54) is 0 Å². The Kier molecular flexibility index (Phi) is 4.19. The molecular weight excluding hydrogens is 288 g/mol. The van der Waals surface area contributed by atoms with E-state index in [2.05, 4.69) is 0 Å². The predicted molar refractivity (Wildman–Crippen MR) is 80.8 cm³/mol. The molecule has 2 aliphatic rings. The van der Waals surface area contributed by atoms with E-state index in [0.29, 0.717) is 24.6 Å². The van der Waals surface area contributed by atoms with E-state index in [0.717, 1.165) is 43.4 Å². The zero-order valence-corrected chi connectivity index (χ0v) is 12.9.